The van der Waals surface area contributed by atoms with Gasteiger partial charge in [0, 0.05) is 16.6 Å². The highest BCUT2D eigenvalue weighted by atomic mass is 35.5. The summed E-state index contributed by atoms with van der Waals surface area (Å²) >= 11 is 12.9. The van der Waals surface area contributed by atoms with E-state index in [1.165, 1.54) is 6.92 Å². The van der Waals surface area contributed by atoms with Gasteiger partial charge in [0.15, 0.2) is 0 Å². The second-order valence-corrected chi connectivity index (χ2v) is 6.65. The number of hydrogen-bond acceptors (Lipinski definition) is 6. The zero-order chi connectivity index (χ0) is 17.7. The molecular formula is C14H15Cl2N5O2S. The van der Waals surface area contributed by atoms with Crippen LogP contribution in [0.2, 0.25) is 10.0 Å². The molecule has 0 saturated heterocycles. The Hall–Kier alpha value is -1.77. The highest BCUT2D eigenvalue weighted by molar-refractivity contribution is 7.99. The lowest BCUT2D eigenvalue weighted by Gasteiger charge is -2.08. The van der Waals surface area contributed by atoms with Gasteiger partial charge in [-0.25, -0.2) is 0 Å². The molecule has 24 heavy (non-hydrogen) atoms. The minimum absolute atomic E-state index is 0.0722. The summed E-state index contributed by atoms with van der Waals surface area (Å²) in [5, 5.41) is 11.6. The smallest absolute Gasteiger partial charge is 0.294 e. The van der Waals surface area contributed by atoms with Crippen LogP contribution in [0.1, 0.15) is 11.3 Å². The van der Waals surface area contributed by atoms with E-state index in [9.17, 15) is 9.59 Å². The molecule has 0 aliphatic heterocycles. The molecule has 0 spiro atoms. The van der Waals surface area contributed by atoms with Gasteiger partial charge in [-0.2, -0.15) is 4.68 Å². The molecule has 2 aromatic rings. The molecule has 0 bridgehead atoms. The van der Waals surface area contributed by atoms with Gasteiger partial charge in [0.1, 0.15) is 5.69 Å². The van der Waals surface area contributed by atoms with Crippen molar-refractivity contribution in [3.63, 3.8) is 0 Å². The molecule has 10 heteroatoms. The molecule has 0 aliphatic carbocycles. The summed E-state index contributed by atoms with van der Waals surface area (Å²) in [5.74, 6) is 5.46. The number of nitrogen functional groups attached to an aromatic ring is 1. The molecule has 1 amide bonds. The number of aromatic nitrogens is 3. The van der Waals surface area contributed by atoms with E-state index in [2.05, 4.69) is 15.5 Å². The second-order valence-electron chi connectivity index (χ2n) is 4.87. The summed E-state index contributed by atoms with van der Waals surface area (Å²) in [5.41, 5.74) is 0.658. The number of amides is 1. The van der Waals surface area contributed by atoms with Crippen LogP contribution in [-0.4, -0.2) is 33.1 Å². The van der Waals surface area contributed by atoms with Gasteiger partial charge < -0.3 is 11.2 Å². The van der Waals surface area contributed by atoms with E-state index in [4.69, 9.17) is 29.0 Å². The number of carbonyl (C=O) groups is 1. The van der Waals surface area contributed by atoms with Crippen LogP contribution in [0.3, 0.4) is 0 Å². The van der Waals surface area contributed by atoms with Crippen molar-refractivity contribution in [3.05, 3.63) is 49.9 Å². The summed E-state index contributed by atoms with van der Waals surface area (Å²) in [6, 6.07) is 5.23. The highest BCUT2D eigenvalue weighted by Crippen LogP contribution is 2.21. The van der Waals surface area contributed by atoms with Crippen molar-refractivity contribution in [1.82, 2.24) is 20.2 Å². The number of benzene rings is 1. The van der Waals surface area contributed by atoms with Gasteiger partial charge >= 0.3 is 0 Å². The van der Waals surface area contributed by atoms with E-state index < -0.39 is 5.56 Å². The molecule has 3 N–H and O–H groups in total. The Bertz CT molecular complexity index is 812. The van der Waals surface area contributed by atoms with E-state index in [0.717, 1.165) is 22.0 Å². The fraction of sp³-hybridized carbons (Fsp3) is 0.286. The Kier molecular flexibility index (Phi) is 6.47. The van der Waals surface area contributed by atoms with E-state index in [0.29, 0.717) is 23.0 Å². The fourth-order valence-corrected chi connectivity index (χ4v) is 3.00. The fourth-order valence-electron chi connectivity index (χ4n) is 1.81. The Morgan fingerprint density at radius 1 is 1.38 bits per heavy atom. The number of nitrogens with zero attached hydrogens (tertiary/aromatic N) is 3. The Balaban J connectivity index is 1.82. The van der Waals surface area contributed by atoms with Crippen molar-refractivity contribution in [2.24, 2.45) is 0 Å². The van der Waals surface area contributed by atoms with Gasteiger partial charge in [-0.05, 0) is 31.0 Å². The van der Waals surface area contributed by atoms with Crippen molar-refractivity contribution in [2.75, 3.05) is 18.1 Å². The van der Waals surface area contributed by atoms with Crippen LogP contribution in [0.25, 0.3) is 0 Å². The van der Waals surface area contributed by atoms with Crippen molar-refractivity contribution in [2.45, 2.75) is 18.5 Å². The second kappa shape index (κ2) is 8.36. The lowest BCUT2D eigenvalue weighted by molar-refractivity contribution is -0.118. The molecule has 0 atom stereocenters. The van der Waals surface area contributed by atoms with Crippen LogP contribution >= 0.6 is 35.0 Å². The summed E-state index contributed by atoms with van der Waals surface area (Å²) in [6.07, 6.45) is 0.582. The van der Waals surface area contributed by atoms with Gasteiger partial charge in [0.25, 0.3) is 5.56 Å². The third-order valence-electron chi connectivity index (χ3n) is 3.08. The molecule has 2 rings (SSSR count). The Morgan fingerprint density at radius 2 is 2.12 bits per heavy atom. The van der Waals surface area contributed by atoms with Gasteiger partial charge in [-0.3, -0.25) is 9.59 Å². The lowest BCUT2D eigenvalue weighted by Crippen LogP contribution is -2.33. The largest absolute Gasteiger partial charge is 0.355 e. The minimum Gasteiger partial charge on any atom is -0.355 e. The SMILES string of the molecule is Cc1nnc(SCC(=O)NCCc2ccc(Cl)cc2Cl)n(N)c1=O. The number of aryl methyl sites for hydroxylation is 1. The number of hydrogen-bond donors (Lipinski definition) is 2. The van der Waals surface area contributed by atoms with E-state index >= 15 is 0 Å². The molecule has 0 radical (unpaired) electrons. The quantitative estimate of drug-likeness (QED) is 0.573. The Morgan fingerprint density at radius 3 is 2.83 bits per heavy atom. The van der Waals surface area contributed by atoms with Crippen molar-refractivity contribution < 1.29 is 4.79 Å². The van der Waals surface area contributed by atoms with Gasteiger partial charge in [0.2, 0.25) is 11.1 Å². The zero-order valence-electron chi connectivity index (χ0n) is 12.8. The summed E-state index contributed by atoms with van der Waals surface area (Å²) < 4.78 is 0.883. The number of halogens is 2. The average Bonchev–Trinajstić information content (AvgIpc) is 2.54. The molecule has 0 aliphatic rings. The molecule has 1 aromatic heterocycles. The summed E-state index contributed by atoms with van der Waals surface area (Å²) in [7, 11) is 0. The molecule has 0 unspecified atom stereocenters. The normalized spacial score (nSPS) is 10.6. The predicted molar refractivity (Wildman–Crippen MR) is 95.1 cm³/mol. The maximum atomic E-state index is 11.8. The first-order valence-corrected chi connectivity index (χ1v) is 8.67. The van der Waals surface area contributed by atoms with E-state index in [-0.39, 0.29) is 22.5 Å². The number of thioether (sulfide) groups is 1. The first kappa shape index (κ1) is 18.6. The third kappa shape index (κ3) is 4.86. The topological polar surface area (TPSA) is 103 Å². The third-order valence-corrected chi connectivity index (χ3v) is 4.61. The summed E-state index contributed by atoms with van der Waals surface area (Å²) in [6.45, 7) is 1.94. The highest BCUT2D eigenvalue weighted by Gasteiger charge is 2.10. The van der Waals surface area contributed by atoms with Crippen LogP contribution in [-0.2, 0) is 11.2 Å². The number of nitrogens with one attached hydrogen (secondary N) is 1. The number of carbonyl (C=O) groups excluding carboxylic acids is 1. The van der Waals surface area contributed by atoms with Crippen LogP contribution in [0.4, 0.5) is 0 Å². The standard InChI is InChI=1S/C14H15Cl2N5O2S/c1-8-13(23)21(17)14(20-19-8)24-7-12(22)18-5-4-9-2-3-10(15)6-11(9)16/h2-3,6H,4-5,7,17H2,1H3,(H,18,22). The number of rotatable bonds is 6. The summed E-state index contributed by atoms with van der Waals surface area (Å²) in [4.78, 5) is 23.5. The predicted octanol–water partition coefficient (Wildman–Crippen LogP) is 1.42. The minimum atomic E-state index is -0.440. The molecular weight excluding hydrogens is 373 g/mol. The average molecular weight is 388 g/mol. The monoisotopic (exact) mass is 387 g/mol. The number of nitrogens with two attached hydrogens (primary N) is 1. The molecule has 128 valence electrons. The maximum absolute atomic E-state index is 11.8. The van der Waals surface area contributed by atoms with E-state index in [1.54, 1.807) is 12.1 Å². The van der Waals surface area contributed by atoms with E-state index in [1.807, 2.05) is 6.07 Å². The molecule has 1 aromatic carbocycles. The van der Waals surface area contributed by atoms with Crippen molar-refractivity contribution in [3.8, 4) is 0 Å². The Labute approximate surface area is 152 Å². The van der Waals surface area contributed by atoms with Gasteiger partial charge in [-0.15, -0.1) is 10.2 Å². The van der Waals surface area contributed by atoms with Crippen LogP contribution < -0.4 is 16.7 Å². The molecule has 0 saturated carbocycles. The molecule has 0 fully saturated rings. The first-order valence-electron chi connectivity index (χ1n) is 6.93. The van der Waals surface area contributed by atoms with Crippen LogP contribution in [0.5, 0.6) is 0 Å². The van der Waals surface area contributed by atoms with Crippen LogP contribution in [0.15, 0.2) is 28.2 Å². The molecule has 7 nitrogen and oxygen atoms in total. The van der Waals surface area contributed by atoms with Gasteiger partial charge in [-0.1, -0.05) is 41.0 Å². The maximum Gasteiger partial charge on any atom is 0.294 e. The van der Waals surface area contributed by atoms with Gasteiger partial charge in [0.05, 0.1) is 5.75 Å². The lowest BCUT2D eigenvalue weighted by atomic mass is 10.1. The molecule has 1 heterocycles. The van der Waals surface area contributed by atoms with Crippen LogP contribution in [0, 0.1) is 6.92 Å². The van der Waals surface area contributed by atoms with Crippen molar-refractivity contribution in [1.29, 1.82) is 0 Å². The first-order chi connectivity index (χ1) is 11.4. The van der Waals surface area contributed by atoms with Crippen molar-refractivity contribution >= 4 is 40.9 Å². The zero-order valence-corrected chi connectivity index (χ0v) is 15.1.